The van der Waals surface area contributed by atoms with Crippen molar-refractivity contribution in [2.75, 3.05) is 13.2 Å². The van der Waals surface area contributed by atoms with Gasteiger partial charge in [0.1, 0.15) is 18.3 Å². The van der Waals surface area contributed by atoms with Crippen molar-refractivity contribution in [1.82, 2.24) is 5.32 Å². The molecule has 9 nitrogen and oxygen atoms in total. The Morgan fingerprint density at radius 1 is 0.824 bits per heavy atom. The average Bonchev–Trinajstić information content (AvgIpc) is 2.84. The van der Waals surface area contributed by atoms with Crippen molar-refractivity contribution in [2.24, 2.45) is 11.7 Å². The van der Waals surface area contributed by atoms with Gasteiger partial charge in [0, 0.05) is 12.5 Å². The molecule has 1 rings (SSSR count). The first-order valence-electron chi connectivity index (χ1n) is 12.2. The Kier molecular flexibility index (Phi) is 15.4. The van der Waals surface area contributed by atoms with Crippen LogP contribution in [0.1, 0.15) is 63.4 Å². The van der Waals surface area contributed by atoms with E-state index >= 15 is 0 Å². The van der Waals surface area contributed by atoms with Crippen LogP contribution in [0.4, 0.5) is 0 Å². The summed E-state index contributed by atoms with van der Waals surface area (Å²) in [6, 6.07) is 9.92. The van der Waals surface area contributed by atoms with Gasteiger partial charge < -0.3 is 36.6 Å². The molecule has 0 heterocycles. The fourth-order valence-corrected chi connectivity index (χ4v) is 3.81. The number of hydrogen-bond donors (Lipinski definition) is 7. The average molecular weight is 483 g/mol. The minimum Gasteiger partial charge on any atom is -0.394 e. The fourth-order valence-electron chi connectivity index (χ4n) is 3.81. The lowest BCUT2D eigenvalue weighted by atomic mass is 9.93. The van der Waals surface area contributed by atoms with Gasteiger partial charge in [-0.2, -0.15) is 0 Å². The highest BCUT2D eigenvalue weighted by Crippen LogP contribution is 2.17. The van der Waals surface area contributed by atoms with E-state index in [0.717, 1.165) is 63.4 Å². The zero-order valence-electron chi connectivity index (χ0n) is 19.9. The molecule has 5 atom stereocenters. The molecule has 1 aromatic rings. The predicted molar refractivity (Wildman–Crippen MR) is 129 cm³/mol. The smallest absolute Gasteiger partial charge is 0.251 e. The number of primary amides is 1. The van der Waals surface area contributed by atoms with Crippen LogP contribution in [0.15, 0.2) is 30.3 Å². The number of amides is 2. The van der Waals surface area contributed by atoms with Crippen molar-refractivity contribution in [2.45, 2.75) is 88.6 Å². The van der Waals surface area contributed by atoms with Gasteiger partial charge >= 0.3 is 0 Å². The van der Waals surface area contributed by atoms with E-state index in [0.29, 0.717) is 13.0 Å². The Morgan fingerprint density at radius 3 is 1.94 bits per heavy atom. The van der Waals surface area contributed by atoms with Gasteiger partial charge in [-0.05, 0) is 24.8 Å². The third-order valence-electron chi connectivity index (χ3n) is 6.03. The maximum Gasteiger partial charge on any atom is 0.251 e. The van der Waals surface area contributed by atoms with Crippen molar-refractivity contribution in [1.29, 1.82) is 0 Å². The van der Waals surface area contributed by atoms with Crippen LogP contribution in [-0.2, 0) is 16.0 Å². The zero-order chi connectivity index (χ0) is 25.3. The molecule has 8 N–H and O–H groups in total. The van der Waals surface area contributed by atoms with E-state index in [2.05, 4.69) is 5.32 Å². The summed E-state index contributed by atoms with van der Waals surface area (Å²) in [4.78, 5) is 23.5. The normalized spacial score (nSPS) is 15.8. The number of nitrogens with one attached hydrogen (secondary N) is 1. The summed E-state index contributed by atoms with van der Waals surface area (Å²) in [5.41, 5.74) is 6.69. The molecule has 34 heavy (non-hydrogen) atoms. The van der Waals surface area contributed by atoms with E-state index in [-0.39, 0.29) is 11.8 Å². The molecule has 0 aromatic heterocycles. The van der Waals surface area contributed by atoms with Crippen LogP contribution >= 0.6 is 0 Å². The molecule has 0 saturated heterocycles. The first-order valence-corrected chi connectivity index (χ1v) is 12.2. The molecule has 9 heteroatoms. The number of unbranched alkanes of at least 4 members (excludes halogenated alkanes) is 7. The van der Waals surface area contributed by atoms with Gasteiger partial charge in [-0.25, -0.2) is 0 Å². The van der Waals surface area contributed by atoms with Crippen molar-refractivity contribution in [3.8, 4) is 0 Å². The van der Waals surface area contributed by atoms with E-state index in [9.17, 15) is 30.0 Å². The highest BCUT2D eigenvalue weighted by Gasteiger charge is 2.33. The molecule has 0 aliphatic carbocycles. The zero-order valence-corrected chi connectivity index (χ0v) is 19.9. The molecule has 0 bridgehead atoms. The van der Waals surface area contributed by atoms with Crippen LogP contribution in [0.5, 0.6) is 0 Å². The maximum absolute atomic E-state index is 11.8. The van der Waals surface area contributed by atoms with E-state index < -0.39 is 36.9 Å². The SMILES string of the molecule is NC(=O)C(CCCCCCCCCCNC(=O)C(O)C(O)C(O)C(O)CO)Cc1ccccc1. The van der Waals surface area contributed by atoms with E-state index in [1.54, 1.807) is 0 Å². The molecule has 194 valence electrons. The molecule has 0 aliphatic rings. The predicted octanol–water partition coefficient (Wildman–Crippen LogP) is 0.394. The summed E-state index contributed by atoms with van der Waals surface area (Å²) in [5, 5.41) is 49.5. The highest BCUT2D eigenvalue weighted by molar-refractivity contribution is 5.81. The molecular formula is C25H42N2O7. The third kappa shape index (κ3) is 11.9. The number of carbonyl (C=O) groups is 2. The molecule has 0 spiro atoms. The van der Waals surface area contributed by atoms with Gasteiger partial charge in [-0.3, -0.25) is 9.59 Å². The molecule has 0 aliphatic heterocycles. The monoisotopic (exact) mass is 482 g/mol. The molecular weight excluding hydrogens is 440 g/mol. The molecule has 0 fully saturated rings. The van der Waals surface area contributed by atoms with E-state index in [4.69, 9.17) is 10.8 Å². The van der Waals surface area contributed by atoms with Crippen molar-refractivity contribution in [3.63, 3.8) is 0 Å². The summed E-state index contributed by atoms with van der Waals surface area (Å²) in [7, 11) is 0. The van der Waals surface area contributed by atoms with Crippen LogP contribution in [-0.4, -0.2) is 74.9 Å². The van der Waals surface area contributed by atoms with Crippen LogP contribution in [0.2, 0.25) is 0 Å². The minimum atomic E-state index is -1.89. The van der Waals surface area contributed by atoms with Crippen molar-refractivity contribution < 1.29 is 35.1 Å². The quantitative estimate of drug-likeness (QED) is 0.140. The topological polar surface area (TPSA) is 173 Å². The minimum absolute atomic E-state index is 0.125. The fraction of sp³-hybridized carbons (Fsp3) is 0.680. The van der Waals surface area contributed by atoms with Gasteiger partial charge in [0.2, 0.25) is 5.91 Å². The molecule has 0 radical (unpaired) electrons. The molecule has 5 unspecified atom stereocenters. The summed E-state index contributed by atoms with van der Waals surface area (Å²) in [6.07, 6.45) is 2.20. The van der Waals surface area contributed by atoms with Crippen LogP contribution < -0.4 is 11.1 Å². The standard InChI is InChI=1S/C25H42N2O7/c26-24(33)19(16-18-12-8-7-9-13-18)14-10-5-3-1-2-4-6-11-15-27-25(34)23(32)22(31)21(30)20(29)17-28/h7-9,12-13,19-23,28-32H,1-6,10-11,14-17H2,(H2,26,33)(H,27,34). The second-order valence-electron chi connectivity index (χ2n) is 8.87. The van der Waals surface area contributed by atoms with Crippen LogP contribution in [0.25, 0.3) is 0 Å². The second kappa shape index (κ2) is 17.4. The summed E-state index contributed by atoms with van der Waals surface area (Å²) in [5.74, 6) is -1.20. The van der Waals surface area contributed by atoms with Gasteiger partial charge in [0.05, 0.1) is 6.61 Å². The first kappa shape index (κ1) is 30.0. The number of aliphatic hydroxyl groups excluding tert-OH is 5. The van der Waals surface area contributed by atoms with E-state index in [1.165, 1.54) is 0 Å². The lowest BCUT2D eigenvalue weighted by Gasteiger charge is -2.24. The van der Waals surface area contributed by atoms with Gasteiger partial charge in [0.15, 0.2) is 6.10 Å². The Balaban J connectivity index is 2.05. The second-order valence-corrected chi connectivity index (χ2v) is 8.87. The number of aliphatic hydroxyl groups is 5. The van der Waals surface area contributed by atoms with Crippen molar-refractivity contribution >= 4 is 11.8 Å². The summed E-state index contributed by atoms with van der Waals surface area (Å²) >= 11 is 0. The molecule has 0 saturated carbocycles. The molecule has 2 amide bonds. The summed E-state index contributed by atoms with van der Waals surface area (Å²) in [6.45, 7) is -0.466. The number of carbonyl (C=O) groups excluding carboxylic acids is 2. The highest BCUT2D eigenvalue weighted by atomic mass is 16.4. The largest absolute Gasteiger partial charge is 0.394 e. The maximum atomic E-state index is 11.8. The lowest BCUT2D eigenvalue weighted by Crippen LogP contribution is -2.51. The first-order chi connectivity index (χ1) is 16.3. The third-order valence-corrected chi connectivity index (χ3v) is 6.03. The van der Waals surface area contributed by atoms with Crippen LogP contribution in [0.3, 0.4) is 0 Å². The Bertz CT molecular complexity index is 689. The molecule has 1 aromatic carbocycles. The number of nitrogens with two attached hydrogens (primary N) is 1. The van der Waals surface area contributed by atoms with Crippen LogP contribution in [0, 0.1) is 5.92 Å². The lowest BCUT2D eigenvalue weighted by molar-refractivity contribution is -0.148. The van der Waals surface area contributed by atoms with E-state index in [1.807, 2.05) is 30.3 Å². The van der Waals surface area contributed by atoms with Gasteiger partial charge in [-0.15, -0.1) is 0 Å². The Labute approximate surface area is 202 Å². The summed E-state index contributed by atoms with van der Waals surface area (Å²) < 4.78 is 0. The Hall–Kier alpha value is -2.04. The number of hydrogen-bond acceptors (Lipinski definition) is 7. The number of rotatable bonds is 19. The van der Waals surface area contributed by atoms with Gasteiger partial charge in [0.25, 0.3) is 5.91 Å². The Morgan fingerprint density at radius 2 is 1.38 bits per heavy atom. The van der Waals surface area contributed by atoms with Gasteiger partial charge in [-0.1, -0.05) is 75.3 Å². The number of benzene rings is 1. The van der Waals surface area contributed by atoms with Crippen molar-refractivity contribution in [3.05, 3.63) is 35.9 Å².